The molecule has 0 aromatic carbocycles. The summed E-state index contributed by atoms with van der Waals surface area (Å²) < 4.78 is 5.27. The first-order valence-electron chi connectivity index (χ1n) is 6.95. The van der Waals surface area contributed by atoms with Gasteiger partial charge in [0, 0.05) is 0 Å². The van der Waals surface area contributed by atoms with Crippen molar-refractivity contribution in [1.82, 2.24) is 10.1 Å². The van der Waals surface area contributed by atoms with Gasteiger partial charge in [-0.25, -0.2) is 0 Å². The van der Waals surface area contributed by atoms with Gasteiger partial charge in [-0.3, -0.25) is 0 Å². The molecular formula is C13H20N2O2S. The van der Waals surface area contributed by atoms with Crippen molar-refractivity contribution in [3.05, 3.63) is 11.7 Å². The Balaban J connectivity index is 1.58. The number of aliphatic hydroxyl groups excluding tert-OH is 1. The van der Waals surface area contributed by atoms with Gasteiger partial charge >= 0.3 is 0 Å². The van der Waals surface area contributed by atoms with Crippen LogP contribution < -0.4 is 0 Å². The van der Waals surface area contributed by atoms with E-state index in [1.165, 1.54) is 25.0 Å². The lowest BCUT2D eigenvalue weighted by Gasteiger charge is -2.14. The van der Waals surface area contributed by atoms with Crippen LogP contribution in [0, 0.1) is 5.92 Å². The molecule has 2 heterocycles. The Morgan fingerprint density at radius 2 is 2.11 bits per heavy atom. The Morgan fingerprint density at radius 1 is 1.28 bits per heavy atom. The van der Waals surface area contributed by atoms with Gasteiger partial charge in [0.05, 0.1) is 17.8 Å². The summed E-state index contributed by atoms with van der Waals surface area (Å²) in [6.07, 6.45) is 7.37. The molecule has 0 spiro atoms. The molecule has 0 radical (unpaired) electrons. The standard InChI is InChI=1S/C13H20N2O2S/c16-10(9-4-1-2-5-9)8-12-14-13(15-17-12)11-6-3-7-18-11/h9-11,16H,1-8H2. The van der Waals surface area contributed by atoms with Crippen LogP contribution in [-0.4, -0.2) is 27.1 Å². The Morgan fingerprint density at radius 3 is 2.83 bits per heavy atom. The summed E-state index contributed by atoms with van der Waals surface area (Å²) in [7, 11) is 0. The summed E-state index contributed by atoms with van der Waals surface area (Å²) in [6.45, 7) is 0. The highest BCUT2D eigenvalue weighted by atomic mass is 32.2. The summed E-state index contributed by atoms with van der Waals surface area (Å²) in [5, 5.41) is 14.6. The van der Waals surface area contributed by atoms with Gasteiger partial charge in [-0.1, -0.05) is 18.0 Å². The predicted octanol–water partition coefficient (Wildman–Crippen LogP) is 2.73. The molecule has 1 aliphatic carbocycles. The van der Waals surface area contributed by atoms with Crippen molar-refractivity contribution in [3.8, 4) is 0 Å². The maximum absolute atomic E-state index is 10.1. The van der Waals surface area contributed by atoms with Gasteiger partial charge in [-0.15, -0.1) is 0 Å². The van der Waals surface area contributed by atoms with E-state index >= 15 is 0 Å². The highest BCUT2D eigenvalue weighted by Gasteiger charge is 2.27. The number of rotatable bonds is 4. The van der Waals surface area contributed by atoms with Crippen LogP contribution in [0.25, 0.3) is 0 Å². The topological polar surface area (TPSA) is 59.2 Å². The first-order valence-corrected chi connectivity index (χ1v) is 8.00. The molecule has 0 bridgehead atoms. The van der Waals surface area contributed by atoms with E-state index in [0.717, 1.165) is 25.1 Å². The third-order valence-corrected chi connectivity index (χ3v) is 5.40. The molecule has 1 aromatic heterocycles. The van der Waals surface area contributed by atoms with Crippen LogP contribution in [0.4, 0.5) is 0 Å². The number of hydrogen-bond donors (Lipinski definition) is 1. The zero-order chi connectivity index (χ0) is 12.4. The summed E-state index contributed by atoms with van der Waals surface area (Å²) in [5.41, 5.74) is 0. The molecule has 2 unspecified atom stereocenters. The largest absolute Gasteiger partial charge is 0.392 e. The van der Waals surface area contributed by atoms with Crippen molar-refractivity contribution in [2.24, 2.45) is 5.92 Å². The van der Waals surface area contributed by atoms with Gasteiger partial charge in [0.2, 0.25) is 5.89 Å². The second kappa shape index (κ2) is 5.61. The van der Waals surface area contributed by atoms with Crippen molar-refractivity contribution in [3.63, 3.8) is 0 Å². The first kappa shape index (κ1) is 12.5. The lowest BCUT2D eigenvalue weighted by atomic mass is 9.98. The molecule has 3 rings (SSSR count). The van der Waals surface area contributed by atoms with Crippen LogP contribution in [0.5, 0.6) is 0 Å². The molecule has 1 N–H and O–H groups in total. The molecule has 0 amide bonds. The molecule has 2 atom stereocenters. The highest BCUT2D eigenvalue weighted by Crippen LogP contribution is 2.38. The van der Waals surface area contributed by atoms with E-state index in [-0.39, 0.29) is 6.10 Å². The van der Waals surface area contributed by atoms with E-state index in [0.29, 0.717) is 23.5 Å². The Hall–Kier alpha value is -0.550. The normalized spacial score (nSPS) is 26.8. The van der Waals surface area contributed by atoms with E-state index in [2.05, 4.69) is 10.1 Å². The minimum absolute atomic E-state index is 0.308. The number of nitrogens with zero attached hydrogens (tertiary/aromatic N) is 2. The quantitative estimate of drug-likeness (QED) is 0.910. The van der Waals surface area contributed by atoms with Crippen molar-refractivity contribution in [1.29, 1.82) is 0 Å². The molecule has 2 aliphatic rings. The van der Waals surface area contributed by atoms with E-state index < -0.39 is 0 Å². The lowest BCUT2D eigenvalue weighted by molar-refractivity contribution is 0.102. The van der Waals surface area contributed by atoms with Crippen LogP contribution in [0.2, 0.25) is 0 Å². The van der Waals surface area contributed by atoms with Gasteiger partial charge in [-0.2, -0.15) is 16.7 Å². The van der Waals surface area contributed by atoms with E-state index in [4.69, 9.17) is 4.52 Å². The maximum Gasteiger partial charge on any atom is 0.229 e. The molecule has 2 fully saturated rings. The van der Waals surface area contributed by atoms with Crippen molar-refractivity contribution in [2.75, 3.05) is 5.75 Å². The number of hydrogen-bond acceptors (Lipinski definition) is 5. The lowest BCUT2D eigenvalue weighted by Crippen LogP contribution is -2.20. The zero-order valence-electron chi connectivity index (χ0n) is 10.5. The summed E-state index contributed by atoms with van der Waals surface area (Å²) in [6, 6.07) is 0. The third-order valence-electron chi connectivity index (χ3n) is 4.03. The first-order chi connectivity index (χ1) is 8.83. The number of aromatic nitrogens is 2. The molecule has 4 nitrogen and oxygen atoms in total. The van der Waals surface area contributed by atoms with Crippen LogP contribution in [0.15, 0.2) is 4.52 Å². The average Bonchev–Trinajstić information content (AvgIpc) is 3.12. The predicted molar refractivity (Wildman–Crippen MR) is 70.4 cm³/mol. The molecule has 100 valence electrons. The molecule has 1 aliphatic heterocycles. The molecular weight excluding hydrogens is 248 g/mol. The number of aliphatic hydroxyl groups is 1. The Labute approximate surface area is 112 Å². The fraction of sp³-hybridized carbons (Fsp3) is 0.846. The van der Waals surface area contributed by atoms with Crippen molar-refractivity contribution in [2.45, 2.75) is 56.3 Å². The van der Waals surface area contributed by atoms with Gasteiger partial charge in [0.1, 0.15) is 0 Å². The second-order valence-electron chi connectivity index (χ2n) is 5.36. The van der Waals surface area contributed by atoms with Crippen LogP contribution >= 0.6 is 11.8 Å². The zero-order valence-corrected chi connectivity index (χ0v) is 11.4. The second-order valence-corrected chi connectivity index (χ2v) is 6.67. The molecule has 18 heavy (non-hydrogen) atoms. The fourth-order valence-electron chi connectivity index (χ4n) is 2.95. The van der Waals surface area contributed by atoms with Gasteiger partial charge in [0.15, 0.2) is 5.82 Å². The molecule has 1 aromatic rings. The van der Waals surface area contributed by atoms with Gasteiger partial charge < -0.3 is 9.63 Å². The third kappa shape index (κ3) is 2.72. The van der Waals surface area contributed by atoms with Crippen LogP contribution in [0.1, 0.15) is 55.5 Å². The maximum atomic E-state index is 10.1. The van der Waals surface area contributed by atoms with Crippen LogP contribution in [0.3, 0.4) is 0 Å². The summed E-state index contributed by atoms with van der Waals surface area (Å²) >= 11 is 1.91. The van der Waals surface area contributed by atoms with E-state index in [1.54, 1.807) is 0 Å². The summed E-state index contributed by atoms with van der Waals surface area (Å²) in [4.78, 5) is 4.45. The van der Waals surface area contributed by atoms with Gasteiger partial charge in [-0.05, 0) is 37.4 Å². The minimum atomic E-state index is -0.308. The van der Waals surface area contributed by atoms with Crippen molar-refractivity contribution < 1.29 is 9.63 Å². The number of thioether (sulfide) groups is 1. The monoisotopic (exact) mass is 268 g/mol. The fourth-order valence-corrected chi connectivity index (χ4v) is 4.15. The molecule has 1 saturated heterocycles. The highest BCUT2D eigenvalue weighted by molar-refractivity contribution is 7.99. The smallest absolute Gasteiger partial charge is 0.229 e. The van der Waals surface area contributed by atoms with Gasteiger partial charge in [0.25, 0.3) is 0 Å². The molecule has 5 heteroatoms. The minimum Gasteiger partial charge on any atom is -0.392 e. The van der Waals surface area contributed by atoms with E-state index in [1.807, 2.05) is 11.8 Å². The molecule has 1 saturated carbocycles. The van der Waals surface area contributed by atoms with E-state index in [9.17, 15) is 5.11 Å². The average molecular weight is 268 g/mol. The SMILES string of the molecule is OC(Cc1nc(C2CCCS2)no1)C1CCCC1. The summed E-state index contributed by atoms with van der Waals surface area (Å²) in [5.74, 6) is 3.06. The van der Waals surface area contributed by atoms with Crippen LogP contribution in [-0.2, 0) is 6.42 Å². The Bertz CT molecular complexity index is 384. The Kier molecular flexibility index (Phi) is 3.89. The van der Waals surface area contributed by atoms with Crippen molar-refractivity contribution >= 4 is 11.8 Å².